The lowest BCUT2D eigenvalue weighted by atomic mass is 10.0. The summed E-state index contributed by atoms with van der Waals surface area (Å²) in [6.07, 6.45) is 0. The molecule has 2 rings (SSSR count). The van der Waals surface area contributed by atoms with Crippen molar-refractivity contribution >= 4 is 27.7 Å². The van der Waals surface area contributed by atoms with Crippen LogP contribution < -0.4 is 5.32 Å². The third-order valence-corrected chi connectivity index (χ3v) is 4.58. The lowest BCUT2D eigenvalue weighted by Crippen LogP contribution is -2.39. The Bertz CT molecular complexity index is 342. The number of nitrogens with one attached hydrogen (secondary N) is 1. The highest BCUT2D eigenvalue weighted by atomic mass is 79.9. The van der Waals surface area contributed by atoms with Crippen molar-refractivity contribution in [3.8, 4) is 0 Å². The molecule has 0 saturated carbocycles. The number of hydrogen-bond acceptors (Lipinski definition) is 2. The lowest BCUT2D eigenvalue weighted by molar-refractivity contribution is 0.510. The first-order chi connectivity index (χ1) is 7.16. The van der Waals surface area contributed by atoms with E-state index in [1.165, 1.54) is 5.56 Å². The van der Waals surface area contributed by atoms with Crippen molar-refractivity contribution in [3.05, 3.63) is 34.3 Å². The summed E-state index contributed by atoms with van der Waals surface area (Å²) in [5.41, 5.74) is 1.39. The fourth-order valence-electron chi connectivity index (χ4n) is 2.04. The molecule has 1 aliphatic heterocycles. The second kappa shape index (κ2) is 4.89. The van der Waals surface area contributed by atoms with Crippen molar-refractivity contribution < 1.29 is 0 Å². The first-order valence-corrected chi connectivity index (χ1v) is 7.04. The molecule has 3 atom stereocenters. The molecule has 15 heavy (non-hydrogen) atoms. The van der Waals surface area contributed by atoms with E-state index in [0.29, 0.717) is 11.3 Å². The van der Waals surface area contributed by atoms with E-state index in [9.17, 15) is 0 Å². The Morgan fingerprint density at radius 2 is 2.20 bits per heavy atom. The molecule has 1 aromatic carbocycles. The Balaban J connectivity index is 2.17. The van der Waals surface area contributed by atoms with E-state index in [1.54, 1.807) is 0 Å². The van der Waals surface area contributed by atoms with Crippen LogP contribution in [0.4, 0.5) is 0 Å². The number of benzene rings is 1. The van der Waals surface area contributed by atoms with Crippen molar-refractivity contribution in [3.63, 3.8) is 0 Å². The molecule has 0 aliphatic carbocycles. The maximum atomic E-state index is 3.62. The van der Waals surface area contributed by atoms with Crippen LogP contribution in [0.1, 0.15) is 25.5 Å². The fourth-order valence-corrected chi connectivity index (χ4v) is 3.79. The van der Waals surface area contributed by atoms with Gasteiger partial charge in [0.05, 0.1) is 0 Å². The highest BCUT2D eigenvalue weighted by Gasteiger charge is 2.26. The van der Waals surface area contributed by atoms with Gasteiger partial charge in [-0.15, -0.1) is 0 Å². The summed E-state index contributed by atoms with van der Waals surface area (Å²) in [5, 5.41) is 4.99. The van der Waals surface area contributed by atoms with Crippen molar-refractivity contribution in [2.45, 2.75) is 30.4 Å². The molecule has 1 saturated heterocycles. The molecule has 0 radical (unpaired) electrons. The Kier molecular flexibility index (Phi) is 3.75. The minimum Gasteiger partial charge on any atom is -0.308 e. The minimum absolute atomic E-state index is 0.490. The van der Waals surface area contributed by atoms with Gasteiger partial charge in [-0.25, -0.2) is 0 Å². The van der Waals surface area contributed by atoms with E-state index >= 15 is 0 Å². The molecule has 1 fully saturated rings. The van der Waals surface area contributed by atoms with Crippen LogP contribution in [0.15, 0.2) is 28.7 Å². The van der Waals surface area contributed by atoms with E-state index in [1.807, 2.05) is 0 Å². The van der Waals surface area contributed by atoms with Gasteiger partial charge in [0.15, 0.2) is 0 Å². The van der Waals surface area contributed by atoms with Crippen LogP contribution in [-0.4, -0.2) is 17.0 Å². The molecule has 3 unspecified atom stereocenters. The summed E-state index contributed by atoms with van der Waals surface area (Å²) in [5.74, 6) is 0. The third-order valence-electron chi connectivity index (χ3n) is 2.75. The smallest absolute Gasteiger partial charge is 0.0438 e. The first kappa shape index (κ1) is 11.5. The lowest BCUT2D eigenvalue weighted by Gasteiger charge is -2.33. The van der Waals surface area contributed by atoms with Gasteiger partial charge in [-0.2, -0.15) is 11.8 Å². The quantitative estimate of drug-likeness (QED) is 0.846. The van der Waals surface area contributed by atoms with Crippen LogP contribution in [0.25, 0.3) is 0 Å². The van der Waals surface area contributed by atoms with Crippen LogP contribution in [-0.2, 0) is 0 Å². The van der Waals surface area contributed by atoms with Gasteiger partial charge in [0, 0.05) is 27.6 Å². The Labute approximate surface area is 104 Å². The summed E-state index contributed by atoms with van der Waals surface area (Å²) >= 11 is 5.60. The normalized spacial score (nSPS) is 31.5. The molecule has 0 spiro atoms. The van der Waals surface area contributed by atoms with Crippen LogP contribution in [0.5, 0.6) is 0 Å². The minimum atomic E-state index is 0.490. The van der Waals surface area contributed by atoms with E-state index in [2.05, 4.69) is 71.1 Å². The first-order valence-electron chi connectivity index (χ1n) is 5.31. The van der Waals surface area contributed by atoms with Gasteiger partial charge < -0.3 is 5.32 Å². The SMILES string of the molecule is CC1CNC(c2cccc(Br)c2)C(C)S1. The summed E-state index contributed by atoms with van der Waals surface area (Å²) in [7, 11) is 0. The van der Waals surface area contributed by atoms with Gasteiger partial charge in [-0.3, -0.25) is 0 Å². The van der Waals surface area contributed by atoms with E-state index < -0.39 is 0 Å². The van der Waals surface area contributed by atoms with Gasteiger partial charge in [0.2, 0.25) is 0 Å². The molecule has 1 aliphatic rings. The summed E-state index contributed by atoms with van der Waals surface area (Å²) in [4.78, 5) is 0. The zero-order chi connectivity index (χ0) is 10.8. The summed E-state index contributed by atoms with van der Waals surface area (Å²) in [6.45, 7) is 5.69. The predicted molar refractivity (Wildman–Crippen MR) is 71.4 cm³/mol. The number of thioether (sulfide) groups is 1. The molecule has 3 heteroatoms. The van der Waals surface area contributed by atoms with Crippen LogP contribution in [0.2, 0.25) is 0 Å². The monoisotopic (exact) mass is 285 g/mol. The van der Waals surface area contributed by atoms with Crippen molar-refractivity contribution in [1.82, 2.24) is 5.32 Å². The van der Waals surface area contributed by atoms with E-state index in [-0.39, 0.29) is 0 Å². The fraction of sp³-hybridized carbons (Fsp3) is 0.500. The van der Waals surface area contributed by atoms with Gasteiger partial charge in [-0.1, -0.05) is 41.9 Å². The van der Waals surface area contributed by atoms with E-state index in [4.69, 9.17) is 0 Å². The zero-order valence-electron chi connectivity index (χ0n) is 9.03. The maximum Gasteiger partial charge on any atom is 0.0438 e. The standard InChI is InChI=1S/C12H16BrNS/c1-8-7-14-12(9(2)15-8)10-4-3-5-11(13)6-10/h3-6,8-9,12,14H,7H2,1-2H3. The molecule has 1 nitrogen and oxygen atoms in total. The second-order valence-corrected chi connectivity index (χ2v) is 6.83. The highest BCUT2D eigenvalue weighted by Crippen LogP contribution is 2.33. The van der Waals surface area contributed by atoms with Crippen molar-refractivity contribution in [2.75, 3.05) is 6.54 Å². The average Bonchev–Trinajstić information content (AvgIpc) is 2.17. The zero-order valence-corrected chi connectivity index (χ0v) is 11.4. The molecule has 82 valence electrons. The largest absolute Gasteiger partial charge is 0.308 e. The Morgan fingerprint density at radius 1 is 1.40 bits per heavy atom. The summed E-state index contributed by atoms with van der Waals surface area (Å²) in [6, 6.07) is 9.09. The molecular weight excluding hydrogens is 270 g/mol. The van der Waals surface area contributed by atoms with Gasteiger partial charge in [-0.05, 0) is 17.7 Å². The maximum absolute atomic E-state index is 3.62. The van der Waals surface area contributed by atoms with Crippen molar-refractivity contribution in [1.29, 1.82) is 0 Å². The third kappa shape index (κ3) is 2.77. The Hall–Kier alpha value is 0.01000. The van der Waals surface area contributed by atoms with Crippen LogP contribution in [0, 0.1) is 0 Å². The van der Waals surface area contributed by atoms with Gasteiger partial charge in [0.25, 0.3) is 0 Å². The topological polar surface area (TPSA) is 12.0 Å². The number of halogens is 1. The predicted octanol–water partition coefficient (Wildman–Crippen LogP) is 3.60. The molecule has 1 N–H and O–H groups in total. The van der Waals surface area contributed by atoms with Crippen LogP contribution in [0.3, 0.4) is 0 Å². The molecule has 1 heterocycles. The molecule has 0 amide bonds. The molecule has 0 bridgehead atoms. The molecule has 1 aromatic rings. The molecule has 0 aromatic heterocycles. The average molecular weight is 286 g/mol. The summed E-state index contributed by atoms with van der Waals surface area (Å²) < 4.78 is 1.16. The number of rotatable bonds is 1. The van der Waals surface area contributed by atoms with Crippen molar-refractivity contribution in [2.24, 2.45) is 0 Å². The van der Waals surface area contributed by atoms with Crippen LogP contribution >= 0.6 is 27.7 Å². The second-order valence-electron chi connectivity index (χ2n) is 4.09. The van der Waals surface area contributed by atoms with E-state index in [0.717, 1.165) is 16.3 Å². The molecular formula is C12H16BrNS. The van der Waals surface area contributed by atoms with Gasteiger partial charge in [0.1, 0.15) is 0 Å². The highest BCUT2D eigenvalue weighted by molar-refractivity contribution is 9.10. The van der Waals surface area contributed by atoms with Gasteiger partial charge >= 0.3 is 0 Å². The Morgan fingerprint density at radius 3 is 2.87 bits per heavy atom. The number of hydrogen-bond donors (Lipinski definition) is 1.